The van der Waals surface area contributed by atoms with E-state index in [0.717, 1.165) is 18.2 Å². The third-order valence-corrected chi connectivity index (χ3v) is 4.79. The molecule has 0 fully saturated rings. The predicted octanol–water partition coefficient (Wildman–Crippen LogP) is 0.964. The molecule has 0 bridgehead atoms. The topological polar surface area (TPSA) is 141 Å². The van der Waals surface area contributed by atoms with Crippen LogP contribution in [-0.4, -0.2) is 19.2 Å². The minimum Gasteiger partial charge on any atom is -0.871 e. The number of carbonyl (C=O) groups is 1. The smallest absolute Gasteiger partial charge is 0.271 e. The van der Waals surface area contributed by atoms with Gasteiger partial charge in [0, 0.05) is 23.5 Å². The van der Waals surface area contributed by atoms with Crippen molar-refractivity contribution < 1.29 is 23.2 Å². The first kappa shape index (κ1) is 15.7. The molecule has 1 amide bonds. The zero-order valence-corrected chi connectivity index (χ0v) is 12.8. The van der Waals surface area contributed by atoms with Crippen molar-refractivity contribution in [2.24, 2.45) is 0 Å². The summed E-state index contributed by atoms with van der Waals surface area (Å²) >= 11 is 0. The highest BCUT2D eigenvalue weighted by atomic mass is 32.2. The van der Waals surface area contributed by atoms with Crippen molar-refractivity contribution in [1.29, 1.82) is 0 Å². The Hall–Kier alpha value is -3.14. The molecular formula is C14H10N3O6S-. The van der Waals surface area contributed by atoms with E-state index in [2.05, 4.69) is 10.0 Å². The van der Waals surface area contributed by atoms with Crippen molar-refractivity contribution in [2.75, 3.05) is 10.0 Å². The Kier molecular flexibility index (Phi) is 3.60. The van der Waals surface area contributed by atoms with E-state index in [0.29, 0.717) is 11.3 Å². The van der Waals surface area contributed by atoms with Crippen LogP contribution in [0.2, 0.25) is 0 Å². The number of benzene rings is 2. The SMILES string of the molecule is O=C1Cc2cc(S(=O)(=O)Nc3cc([N+](=O)[O-])ccc3[O-])ccc2N1. The molecule has 0 aromatic heterocycles. The number of nitrogens with one attached hydrogen (secondary N) is 2. The fourth-order valence-corrected chi connectivity index (χ4v) is 3.40. The molecule has 3 rings (SSSR count). The normalized spacial score (nSPS) is 13.2. The number of hydrogen-bond acceptors (Lipinski definition) is 6. The van der Waals surface area contributed by atoms with Gasteiger partial charge in [0.25, 0.3) is 15.7 Å². The molecule has 2 aromatic rings. The monoisotopic (exact) mass is 348 g/mol. The van der Waals surface area contributed by atoms with Crippen LogP contribution >= 0.6 is 0 Å². The molecule has 9 nitrogen and oxygen atoms in total. The van der Waals surface area contributed by atoms with Crippen LogP contribution in [0.25, 0.3) is 0 Å². The molecule has 0 saturated heterocycles. The predicted molar refractivity (Wildman–Crippen MR) is 82.1 cm³/mol. The van der Waals surface area contributed by atoms with Gasteiger partial charge in [-0.25, -0.2) is 8.42 Å². The lowest BCUT2D eigenvalue weighted by Crippen LogP contribution is -2.14. The second-order valence-electron chi connectivity index (χ2n) is 5.09. The Labute approximate surface area is 136 Å². The van der Waals surface area contributed by atoms with Crippen molar-refractivity contribution >= 4 is 33.0 Å². The van der Waals surface area contributed by atoms with Crippen LogP contribution in [0.15, 0.2) is 41.3 Å². The van der Waals surface area contributed by atoms with Crippen LogP contribution in [0, 0.1) is 10.1 Å². The summed E-state index contributed by atoms with van der Waals surface area (Å²) in [5, 5.41) is 25.1. The summed E-state index contributed by atoms with van der Waals surface area (Å²) in [5.74, 6) is -0.935. The first-order valence-electron chi connectivity index (χ1n) is 6.67. The van der Waals surface area contributed by atoms with Gasteiger partial charge < -0.3 is 10.4 Å². The average Bonchev–Trinajstić information content (AvgIpc) is 2.88. The highest BCUT2D eigenvalue weighted by molar-refractivity contribution is 7.92. The van der Waals surface area contributed by atoms with Gasteiger partial charge in [-0.15, -0.1) is 0 Å². The summed E-state index contributed by atoms with van der Waals surface area (Å²) in [7, 11) is -4.13. The van der Waals surface area contributed by atoms with Crippen LogP contribution in [0.4, 0.5) is 17.1 Å². The van der Waals surface area contributed by atoms with Crippen molar-refractivity contribution in [3.8, 4) is 5.75 Å². The Balaban J connectivity index is 1.95. The molecule has 24 heavy (non-hydrogen) atoms. The summed E-state index contributed by atoms with van der Waals surface area (Å²) in [4.78, 5) is 21.2. The van der Waals surface area contributed by atoms with Crippen LogP contribution in [0.1, 0.15) is 5.56 Å². The summed E-state index contributed by atoms with van der Waals surface area (Å²) in [6.45, 7) is 0. The van der Waals surface area contributed by atoms with Crippen LogP contribution in [-0.2, 0) is 21.2 Å². The van der Waals surface area contributed by atoms with Crippen LogP contribution in [0.5, 0.6) is 5.75 Å². The van der Waals surface area contributed by atoms with E-state index >= 15 is 0 Å². The number of carbonyl (C=O) groups excluding carboxylic acids is 1. The number of nitro groups is 1. The molecule has 0 atom stereocenters. The second-order valence-corrected chi connectivity index (χ2v) is 6.77. The van der Waals surface area contributed by atoms with E-state index in [1.54, 1.807) is 0 Å². The summed E-state index contributed by atoms with van der Waals surface area (Å²) in [5.41, 5.74) is 0.220. The number of amides is 1. The van der Waals surface area contributed by atoms with E-state index in [1.165, 1.54) is 18.2 Å². The molecule has 0 saturated carbocycles. The molecule has 0 spiro atoms. The van der Waals surface area contributed by atoms with Crippen LogP contribution < -0.4 is 15.1 Å². The molecule has 0 unspecified atom stereocenters. The van der Waals surface area contributed by atoms with Crippen molar-refractivity contribution in [3.05, 3.63) is 52.1 Å². The van der Waals surface area contributed by atoms with Gasteiger partial charge in [0.15, 0.2) is 0 Å². The number of rotatable bonds is 4. The minimum absolute atomic E-state index is 0.0578. The van der Waals surface area contributed by atoms with Crippen molar-refractivity contribution in [3.63, 3.8) is 0 Å². The number of non-ortho nitro benzene ring substituents is 1. The van der Waals surface area contributed by atoms with Gasteiger partial charge in [0.05, 0.1) is 16.2 Å². The average molecular weight is 348 g/mol. The Morgan fingerprint density at radius 3 is 2.62 bits per heavy atom. The Bertz CT molecular complexity index is 970. The summed E-state index contributed by atoms with van der Waals surface area (Å²) < 4.78 is 26.8. The lowest BCUT2D eigenvalue weighted by atomic mass is 10.2. The lowest BCUT2D eigenvalue weighted by Gasteiger charge is -2.15. The van der Waals surface area contributed by atoms with Gasteiger partial charge in [0.1, 0.15) is 0 Å². The minimum atomic E-state index is -4.13. The molecule has 124 valence electrons. The Morgan fingerprint density at radius 1 is 1.17 bits per heavy atom. The number of hydrogen-bond donors (Lipinski definition) is 2. The largest absolute Gasteiger partial charge is 0.871 e. The fourth-order valence-electron chi connectivity index (χ4n) is 2.29. The quantitative estimate of drug-likeness (QED) is 0.622. The summed E-state index contributed by atoms with van der Waals surface area (Å²) in [6.07, 6.45) is 0.0578. The highest BCUT2D eigenvalue weighted by Crippen LogP contribution is 2.30. The third-order valence-electron chi connectivity index (χ3n) is 3.43. The second kappa shape index (κ2) is 5.49. The first-order chi connectivity index (χ1) is 11.3. The summed E-state index contributed by atoms with van der Waals surface area (Å²) in [6, 6.07) is 6.80. The molecule has 10 heteroatoms. The van der Waals surface area contributed by atoms with E-state index in [-0.39, 0.29) is 17.2 Å². The van der Waals surface area contributed by atoms with Crippen LogP contribution in [0.3, 0.4) is 0 Å². The van der Waals surface area contributed by atoms with Gasteiger partial charge in [0.2, 0.25) is 5.91 Å². The Morgan fingerprint density at radius 2 is 1.92 bits per heavy atom. The molecule has 1 aliphatic heterocycles. The molecule has 0 aliphatic carbocycles. The van der Waals surface area contributed by atoms with Gasteiger partial charge in [-0.1, -0.05) is 11.8 Å². The van der Waals surface area contributed by atoms with E-state index in [1.807, 2.05) is 0 Å². The third kappa shape index (κ3) is 2.86. The highest BCUT2D eigenvalue weighted by Gasteiger charge is 2.22. The van der Waals surface area contributed by atoms with Gasteiger partial charge in [-0.2, -0.15) is 0 Å². The molecular weight excluding hydrogens is 338 g/mol. The molecule has 0 radical (unpaired) electrons. The van der Waals surface area contributed by atoms with Crippen molar-refractivity contribution in [1.82, 2.24) is 0 Å². The van der Waals surface area contributed by atoms with E-state index in [9.17, 15) is 28.4 Å². The number of sulfonamides is 1. The zero-order chi connectivity index (χ0) is 17.5. The molecule has 1 heterocycles. The van der Waals surface area contributed by atoms with Crippen molar-refractivity contribution in [2.45, 2.75) is 11.3 Å². The maximum absolute atomic E-state index is 12.4. The fraction of sp³-hybridized carbons (Fsp3) is 0.0714. The maximum atomic E-state index is 12.4. The zero-order valence-electron chi connectivity index (χ0n) is 12.0. The van der Waals surface area contributed by atoms with Gasteiger partial charge in [-0.3, -0.25) is 19.6 Å². The maximum Gasteiger partial charge on any atom is 0.271 e. The molecule has 2 N–H and O–H groups in total. The first-order valence-corrected chi connectivity index (χ1v) is 8.15. The molecule has 2 aromatic carbocycles. The van der Waals surface area contributed by atoms with Gasteiger partial charge in [-0.05, 0) is 23.8 Å². The van der Waals surface area contributed by atoms with Gasteiger partial charge >= 0.3 is 0 Å². The number of fused-ring (bicyclic) bond motifs is 1. The molecule has 1 aliphatic rings. The standard InChI is InChI=1S/C14H11N3O6S/c18-13-4-1-9(17(20)21)7-12(13)16-24(22,23)10-2-3-11-8(5-10)6-14(19)15-11/h1-5,7,16,18H,6H2,(H,15,19)/p-1. The number of nitro benzene ring substituents is 1. The number of nitrogens with zero attached hydrogens (tertiary/aromatic N) is 1. The van der Waals surface area contributed by atoms with E-state index in [4.69, 9.17) is 0 Å². The number of anilines is 2. The lowest BCUT2D eigenvalue weighted by molar-refractivity contribution is -0.385. The van der Waals surface area contributed by atoms with E-state index < -0.39 is 32.1 Å².